The summed E-state index contributed by atoms with van der Waals surface area (Å²) in [4.78, 5) is 128. The van der Waals surface area contributed by atoms with Crippen LogP contribution in [0.15, 0.2) is 83.0 Å². The number of hydrogen-bond donors (Lipinski definition) is 14. The van der Waals surface area contributed by atoms with Crippen LogP contribution in [0.1, 0.15) is 180 Å². The summed E-state index contributed by atoms with van der Waals surface area (Å²) < 4.78 is 0. The number of H-pyrrole nitrogens is 1. The molecule has 0 bridgehead atoms. The molecule has 3 rings (SSSR count). The summed E-state index contributed by atoms with van der Waals surface area (Å²) in [6.45, 7) is 6.31. The summed E-state index contributed by atoms with van der Waals surface area (Å²) in [5, 5.41) is 26.5. The van der Waals surface area contributed by atoms with Crippen molar-refractivity contribution in [3.8, 4) is 0 Å². The Bertz CT molecular complexity index is 2750. The number of unbranched alkanes of at least 4 members (excludes halogenated alkanes) is 13. The second-order valence-corrected chi connectivity index (χ2v) is 23.0. The molecule has 25 heteroatoms. The largest absolute Gasteiger partial charge is 0.370 e. The molecule has 2 aromatic carbocycles. The molecule has 504 valence electrons. The predicted octanol–water partition coefficient (Wildman–Crippen LogP) is 3.98. The van der Waals surface area contributed by atoms with Gasteiger partial charge in [0.15, 0.2) is 5.96 Å². The number of rotatable bonds is 50. The second-order valence-electron chi connectivity index (χ2n) is 23.0. The Kier molecular flexibility index (Phi) is 39.5. The number of para-hydroxylation sites is 1. The van der Waals surface area contributed by atoms with Crippen molar-refractivity contribution >= 4 is 76.2 Å². The molecule has 0 aliphatic carbocycles. The van der Waals surface area contributed by atoms with Crippen LogP contribution in [0.3, 0.4) is 0 Å². The first-order chi connectivity index (χ1) is 43.9. The smallest absolute Gasteiger partial charge is 0.264 e. The monoisotopic (exact) mass is 1270 g/mol. The third-order valence-electron chi connectivity index (χ3n) is 15.2. The maximum Gasteiger partial charge on any atom is 0.264 e. The number of aromatic amines is 1. The zero-order valence-electron chi connectivity index (χ0n) is 54.1. The van der Waals surface area contributed by atoms with E-state index in [-0.39, 0.29) is 63.5 Å². The third kappa shape index (κ3) is 33.9. The number of hydrogen-bond acceptors (Lipinski definition) is 13. The van der Waals surface area contributed by atoms with Gasteiger partial charge in [0.25, 0.3) is 5.91 Å². The van der Waals surface area contributed by atoms with Gasteiger partial charge in [0.05, 0.1) is 0 Å². The van der Waals surface area contributed by atoms with E-state index in [2.05, 4.69) is 82.1 Å². The predicted molar refractivity (Wildman–Crippen MR) is 358 cm³/mol. The number of nitrogens with zero attached hydrogens (tertiary/aromatic N) is 2. The Morgan fingerprint density at radius 3 is 1.77 bits per heavy atom. The van der Waals surface area contributed by atoms with Crippen LogP contribution in [-0.2, 0) is 56.0 Å². The molecular formula is C66H106N16O9. The van der Waals surface area contributed by atoms with Crippen LogP contribution < -0.4 is 70.9 Å². The molecule has 18 N–H and O–H groups in total. The molecule has 0 aliphatic heterocycles. The number of aliphatic imine (C=N–C) groups is 1. The Hall–Kier alpha value is -8.35. The van der Waals surface area contributed by atoms with Crippen LogP contribution in [0, 0.1) is 0 Å². The molecule has 0 aliphatic rings. The highest BCUT2D eigenvalue weighted by Crippen LogP contribution is 2.20. The summed E-state index contributed by atoms with van der Waals surface area (Å²) in [7, 11) is 0. The number of allylic oxidation sites excluding steroid dienone is 2. The first-order valence-electron chi connectivity index (χ1n) is 32.9. The van der Waals surface area contributed by atoms with Crippen LogP contribution in [0.4, 0.5) is 0 Å². The number of primary amides is 1. The topological polar surface area (TPSA) is 406 Å². The fourth-order valence-corrected chi connectivity index (χ4v) is 9.99. The lowest BCUT2D eigenvalue weighted by Gasteiger charge is -2.27. The van der Waals surface area contributed by atoms with Crippen molar-refractivity contribution in [2.24, 2.45) is 33.0 Å². The van der Waals surface area contributed by atoms with Gasteiger partial charge in [0.1, 0.15) is 49.0 Å². The maximum atomic E-state index is 14.5. The molecule has 0 unspecified atom stereocenters. The van der Waals surface area contributed by atoms with E-state index in [1.807, 2.05) is 31.2 Å². The van der Waals surface area contributed by atoms with E-state index in [4.69, 9.17) is 22.9 Å². The van der Waals surface area contributed by atoms with Gasteiger partial charge in [-0.2, -0.15) is 5.10 Å². The molecule has 25 nitrogen and oxygen atoms in total. The fourth-order valence-electron chi connectivity index (χ4n) is 9.99. The van der Waals surface area contributed by atoms with Crippen LogP contribution in [0.5, 0.6) is 0 Å². The van der Waals surface area contributed by atoms with Crippen LogP contribution in [-0.4, -0.2) is 139 Å². The molecule has 0 fully saturated rings. The van der Waals surface area contributed by atoms with Gasteiger partial charge < -0.3 is 75.9 Å². The number of hydrazone groups is 1. The number of nitrogens with two attached hydrogens (primary N) is 4. The molecule has 1 aromatic heterocycles. The fraction of sp³-hybridized carbons (Fsp3) is 0.591. The average Bonchev–Trinajstić information content (AvgIpc) is 2.47. The van der Waals surface area contributed by atoms with E-state index in [1.54, 1.807) is 36.5 Å². The van der Waals surface area contributed by atoms with Gasteiger partial charge >= 0.3 is 0 Å². The van der Waals surface area contributed by atoms with Crippen molar-refractivity contribution in [2.75, 3.05) is 32.7 Å². The number of guanidine groups is 1. The van der Waals surface area contributed by atoms with Gasteiger partial charge in [-0.25, -0.2) is 0 Å². The number of nitrogens with one attached hydrogen (secondary N) is 10. The molecule has 0 saturated heterocycles. The molecule has 0 saturated carbocycles. The van der Waals surface area contributed by atoms with E-state index < -0.39 is 83.5 Å². The van der Waals surface area contributed by atoms with Crippen molar-refractivity contribution < 1.29 is 43.2 Å². The van der Waals surface area contributed by atoms with Gasteiger partial charge in [-0.15, -0.1) is 0 Å². The minimum atomic E-state index is -1.30. The number of amides is 9. The quantitative estimate of drug-likeness (QED) is 0.0125. The lowest BCUT2D eigenvalue weighted by molar-refractivity contribution is -0.135. The molecule has 9 amide bonds. The summed E-state index contributed by atoms with van der Waals surface area (Å²) in [6.07, 6.45) is 26.5. The van der Waals surface area contributed by atoms with Crippen LogP contribution in [0.25, 0.3) is 10.9 Å². The molecule has 0 spiro atoms. The zero-order chi connectivity index (χ0) is 66.4. The highest BCUT2D eigenvalue weighted by atomic mass is 16.2. The average molecular weight is 1270 g/mol. The van der Waals surface area contributed by atoms with Gasteiger partial charge in [0.2, 0.25) is 47.3 Å². The minimum absolute atomic E-state index is 0.0116. The Morgan fingerprint density at radius 1 is 0.538 bits per heavy atom. The lowest BCUT2D eigenvalue weighted by Crippen LogP contribution is -2.59. The van der Waals surface area contributed by atoms with Crippen molar-refractivity contribution in [1.29, 1.82) is 0 Å². The Morgan fingerprint density at radius 2 is 1.10 bits per heavy atom. The lowest BCUT2D eigenvalue weighted by atomic mass is 10.0. The number of benzene rings is 2. The number of fused-ring (bicyclic) bond motifs is 1. The van der Waals surface area contributed by atoms with Crippen molar-refractivity contribution in [3.63, 3.8) is 0 Å². The first-order valence-corrected chi connectivity index (χ1v) is 32.9. The van der Waals surface area contributed by atoms with Gasteiger partial charge in [-0.3, -0.25) is 48.1 Å². The maximum absolute atomic E-state index is 14.5. The Balaban J connectivity index is 1.53. The summed E-state index contributed by atoms with van der Waals surface area (Å²) >= 11 is 0. The van der Waals surface area contributed by atoms with E-state index in [0.29, 0.717) is 63.7 Å². The molecule has 3 aromatic rings. The van der Waals surface area contributed by atoms with Crippen molar-refractivity contribution in [2.45, 2.75) is 218 Å². The number of carbonyl (C=O) groups is 9. The third-order valence-corrected chi connectivity index (χ3v) is 15.2. The van der Waals surface area contributed by atoms with E-state index in [1.165, 1.54) is 58.3 Å². The standard InChI is InChI=1S/C66H106N16O9/c1-4-6-8-9-10-11-12-13-14-15-16-17-18-19-23-37-57(83)71-40-29-41-72-58(84)45-75-76-46-59(85)78-52(33-7-5-2)62(88)77-47(3)61(87)79-53(35-26-27-38-67)64(90)82-56(42-48-30-21-20-22-31-48)65(91)80-54(36-28-39-73-66(69)70)63(89)81-55(60(68)86)43-49-44-74-51-34-25-24-32-50(49)51/h13-14,20-22,24-25,30-32,34,44-45,47,52-56,74,76H,4-12,15-19,23,26-29,33,35-43,46,67H2,1-3H3,(H2,68,86)(H,71,83)(H,72,84)(H,77,88)(H,78,85)(H,79,87)(H,80,91)(H,81,89)(H,82,90)(H4,69,70,73)/b14-13+,75-45+/t47-,52-,53-,54-,55-,56+/m0/s1. The number of aromatic nitrogens is 1. The SMILES string of the molecule is CCCCCCCC/C=C/CCCCCCCC(=O)NCCCNC(=O)/C=N/NCC(=O)N[C@@H](CCCC)C(=O)N[C@@H](C)C(=O)N[C@@H](CCCCN)C(=O)N[C@H](Cc1ccccc1)C(=O)N[C@@H](CCCN=C(N)N)C(=O)N[C@@H](Cc1c[nH]c2ccccc12)C(N)=O. The second kappa shape index (κ2) is 46.7. The Labute approximate surface area is 537 Å². The summed E-state index contributed by atoms with van der Waals surface area (Å²) in [5.41, 5.74) is 27.4. The van der Waals surface area contributed by atoms with Crippen LogP contribution in [0.2, 0.25) is 0 Å². The normalized spacial score (nSPS) is 13.2. The summed E-state index contributed by atoms with van der Waals surface area (Å²) in [5.74, 6) is -5.71. The van der Waals surface area contributed by atoms with Crippen molar-refractivity contribution in [3.05, 3.63) is 84.1 Å². The minimum Gasteiger partial charge on any atom is -0.370 e. The number of carbonyl (C=O) groups excluding carboxylic acids is 9. The van der Waals surface area contributed by atoms with E-state index >= 15 is 0 Å². The first kappa shape index (κ1) is 76.9. The van der Waals surface area contributed by atoms with Crippen molar-refractivity contribution in [1.82, 2.24) is 52.9 Å². The molecule has 1 heterocycles. The highest BCUT2D eigenvalue weighted by molar-refractivity contribution is 6.26. The highest BCUT2D eigenvalue weighted by Gasteiger charge is 2.33. The van der Waals surface area contributed by atoms with Gasteiger partial charge in [-0.05, 0) is 108 Å². The van der Waals surface area contributed by atoms with E-state index in [9.17, 15) is 43.2 Å². The van der Waals surface area contributed by atoms with Gasteiger partial charge in [0, 0.05) is 56.0 Å². The molecule has 6 atom stereocenters. The zero-order valence-corrected chi connectivity index (χ0v) is 54.1. The summed E-state index contributed by atoms with van der Waals surface area (Å²) in [6, 6.07) is 9.03. The molecule has 91 heavy (non-hydrogen) atoms. The molecule has 0 radical (unpaired) electrons. The van der Waals surface area contributed by atoms with E-state index in [0.717, 1.165) is 54.8 Å². The van der Waals surface area contributed by atoms with Crippen LogP contribution >= 0.6 is 0 Å². The molecular weight excluding hydrogens is 1160 g/mol. The van der Waals surface area contributed by atoms with Gasteiger partial charge in [-0.1, -0.05) is 139 Å².